The van der Waals surface area contributed by atoms with E-state index in [9.17, 15) is 30.0 Å². The van der Waals surface area contributed by atoms with Crippen LogP contribution >= 0.6 is 0 Å². The van der Waals surface area contributed by atoms with Crippen LogP contribution in [0.25, 0.3) is 0 Å². The highest BCUT2D eigenvalue weighted by Gasteiger charge is 2.79. The number of fused-ring (bicyclic) bond motifs is 2. The second-order valence-corrected chi connectivity index (χ2v) is 13.6. The minimum Gasteiger partial charge on any atom is -0.469 e. The highest BCUT2D eigenvalue weighted by atomic mass is 16.6. The molecule has 6 aliphatic rings. The van der Waals surface area contributed by atoms with E-state index in [1.807, 2.05) is 6.92 Å². The fourth-order valence-electron chi connectivity index (χ4n) is 10.3. The molecule has 13 atom stereocenters. The van der Waals surface area contributed by atoms with Gasteiger partial charge < -0.3 is 39.4 Å². The summed E-state index contributed by atoms with van der Waals surface area (Å²) in [4.78, 5) is 23.2. The van der Waals surface area contributed by atoms with Gasteiger partial charge in [0, 0.05) is 60.1 Å². The Kier molecular flexibility index (Phi) is 7.57. The van der Waals surface area contributed by atoms with Crippen LogP contribution in [0.2, 0.25) is 0 Å². The Bertz CT molecular complexity index is 969. The number of aliphatic hydroxyl groups is 4. The van der Waals surface area contributed by atoms with Gasteiger partial charge in [0.25, 0.3) is 0 Å². The summed E-state index contributed by atoms with van der Waals surface area (Å²) < 4.78 is 21.0. The summed E-state index contributed by atoms with van der Waals surface area (Å²) in [6, 6.07) is 0. The molecule has 2 saturated heterocycles. The van der Waals surface area contributed by atoms with Gasteiger partial charge in [-0.25, -0.2) is 0 Å². The van der Waals surface area contributed by atoms with Gasteiger partial charge in [-0.15, -0.1) is 0 Å². The number of carbonyl (C=O) groups excluding carboxylic acids is 2. The van der Waals surface area contributed by atoms with Crippen LogP contribution in [0.15, 0.2) is 0 Å². The third-order valence-corrected chi connectivity index (χ3v) is 12.6. The molecule has 10 nitrogen and oxygen atoms in total. The lowest BCUT2D eigenvalue weighted by Gasteiger charge is -2.46. The van der Waals surface area contributed by atoms with Gasteiger partial charge in [0.05, 0.1) is 39.6 Å². The van der Waals surface area contributed by atoms with Crippen LogP contribution < -0.4 is 0 Å². The SMILES string of the molecule is C.COC(=O)CC1C2C(O)C3OCC(C)(C13)C2(C)CO.COC(=O)CC1C2CC3(O)OCC(C)(C13)C2(C)CO. The maximum Gasteiger partial charge on any atom is 0.305 e. The third kappa shape index (κ3) is 3.61. The molecule has 0 radical (unpaired) electrons. The minimum absolute atomic E-state index is 0. The molecule has 224 valence electrons. The van der Waals surface area contributed by atoms with Crippen molar-refractivity contribution >= 4 is 11.9 Å². The quantitative estimate of drug-likeness (QED) is 0.353. The van der Waals surface area contributed by atoms with E-state index >= 15 is 0 Å². The molecule has 0 amide bonds. The normalized spacial score (nSPS) is 53.3. The van der Waals surface area contributed by atoms with E-state index in [1.54, 1.807) is 0 Å². The molecule has 2 heterocycles. The van der Waals surface area contributed by atoms with Crippen molar-refractivity contribution in [3.63, 3.8) is 0 Å². The van der Waals surface area contributed by atoms with E-state index in [4.69, 9.17) is 18.9 Å². The zero-order valence-corrected chi connectivity index (χ0v) is 23.3. The molecule has 13 unspecified atom stereocenters. The van der Waals surface area contributed by atoms with Crippen molar-refractivity contribution < 1.29 is 49.0 Å². The zero-order chi connectivity index (χ0) is 28.1. The summed E-state index contributed by atoms with van der Waals surface area (Å²) in [6.45, 7) is 9.30. The Morgan fingerprint density at radius 3 is 1.97 bits per heavy atom. The molecular weight excluding hydrogens is 508 g/mol. The second-order valence-electron chi connectivity index (χ2n) is 13.6. The van der Waals surface area contributed by atoms with Crippen molar-refractivity contribution in [1.82, 2.24) is 0 Å². The number of aliphatic hydroxyl groups excluding tert-OH is 3. The van der Waals surface area contributed by atoms with Crippen molar-refractivity contribution in [3.05, 3.63) is 0 Å². The second kappa shape index (κ2) is 9.63. The van der Waals surface area contributed by atoms with Crippen molar-refractivity contribution in [1.29, 1.82) is 0 Å². The van der Waals surface area contributed by atoms with Crippen LogP contribution in [0, 0.1) is 57.2 Å². The lowest BCUT2D eigenvalue weighted by Crippen LogP contribution is -2.51. The number of methoxy groups -OCH3 is 2. The van der Waals surface area contributed by atoms with E-state index in [0.29, 0.717) is 32.5 Å². The standard InChI is InChI=1S/2C14H22O5.CH4/c1-12(6-15)9-5-14(17)11(13(12,2)7-19-14)8(9)4-10(16)18-3;1-13(5-15)9-7(4-8(16)18-3)10-12(11(9)17)19-6-14(10,13)2;/h8-9,11,15,17H,4-7H2,1-3H3;7,9-12,15,17H,4-6H2,1-3H3;1H4. The van der Waals surface area contributed by atoms with Gasteiger partial charge in [-0.1, -0.05) is 35.1 Å². The van der Waals surface area contributed by atoms with Gasteiger partial charge in [0.1, 0.15) is 0 Å². The number of carbonyl (C=O) groups is 2. The van der Waals surface area contributed by atoms with Crippen molar-refractivity contribution in [3.8, 4) is 0 Å². The molecule has 6 fully saturated rings. The van der Waals surface area contributed by atoms with Crippen molar-refractivity contribution in [2.24, 2.45) is 57.2 Å². The topological polar surface area (TPSA) is 152 Å². The summed E-state index contributed by atoms with van der Waals surface area (Å²) in [5.74, 6) is -1.52. The molecule has 0 aromatic rings. The average molecular weight is 557 g/mol. The number of hydrogen-bond acceptors (Lipinski definition) is 10. The molecular formula is C29H48O10. The number of hydrogen-bond donors (Lipinski definition) is 4. The molecule has 10 heteroatoms. The van der Waals surface area contributed by atoms with E-state index < -0.39 is 17.3 Å². The van der Waals surface area contributed by atoms with E-state index in [-0.39, 0.29) is 90.4 Å². The fourth-order valence-corrected chi connectivity index (χ4v) is 10.3. The zero-order valence-electron chi connectivity index (χ0n) is 23.3. The highest BCUT2D eigenvalue weighted by Crippen LogP contribution is 2.76. The lowest BCUT2D eigenvalue weighted by atomic mass is 9.58. The first-order valence-corrected chi connectivity index (χ1v) is 13.7. The van der Waals surface area contributed by atoms with Crippen molar-refractivity contribution in [2.75, 3.05) is 40.6 Å². The van der Waals surface area contributed by atoms with Crippen LogP contribution in [0.4, 0.5) is 0 Å². The Balaban J connectivity index is 0.000000176. The van der Waals surface area contributed by atoms with Gasteiger partial charge >= 0.3 is 11.9 Å². The third-order valence-electron chi connectivity index (χ3n) is 12.6. The molecule has 4 aliphatic carbocycles. The Hall–Kier alpha value is -1.30. The summed E-state index contributed by atoms with van der Waals surface area (Å²) in [5, 5.41) is 40.8. The molecule has 4 N–H and O–H groups in total. The van der Waals surface area contributed by atoms with E-state index in [0.717, 1.165) is 0 Å². The Morgan fingerprint density at radius 1 is 0.872 bits per heavy atom. The van der Waals surface area contributed by atoms with Gasteiger partial charge in [0.2, 0.25) is 0 Å². The molecule has 0 aromatic heterocycles. The summed E-state index contributed by atoms with van der Waals surface area (Å²) in [6.07, 6.45) is 0.319. The van der Waals surface area contributed by atoms with Crippen LogP contribution in [0.3, 0.4) is 0 Å². The van der Waals surface area contributed by atoms with Gasteiger partial charge in [-0.3, -0.25) is 9.59 Å². The largest absolute Gasteiger partial charge is 0.469 e. The van der Waals surface area contributed by atoms with E-state index in [1.165, 1.54) is 14.2 Å². The number of esters is 2. The van der Waals surface area contributed by atoms with E-state index in [2.05, 4.69) is 20.8 Å². The molecule has 39 heavy (non-hydrogen) atoms. The molecule has 6 rings (SSSR count). The average Bonchev–Trinajstić information content (AvgIpc) is 3.61. The first-order chi connectivity index (χ1) is 17.7. The molecule has 4 bridgehead atoms. The van der Waals surface area contributed by atoms with Crippen molar-refractivity contribution in [2.45, 2.75) is 72.4 Å². The summed E-state index contributed by atoms with van der Waals surface area (Å²) in [7, 11) is 2.76. The van der Waals surface area contributed by atoms with Crippen LogP contribution in [-0.4, -0.2) is 91.0 Å². The first kappa shape index (κ1) is 30.7. The monoisotopic (exact) mass is 556 g/mol. The molecule has 0 spiro atoms. The van der Waals surface area contributed by atoms with Gasteiger partial charge in [-0.2, -0.15) is 0 Å². The van der Waals surface area contributed by atoms with Crippen LogP contribution in [0.5, 0.6) is 0 Å². The summed E-state index contributed by atoms with van der Waals surface area (Å²) >= 11 is 0. The van der Waals surface area contributed by atoms with Crippen LogP contribution in [0.1, 0.15) is 54.4 Å². The Morgan fingerprint density at radius 2 is 1.44 bits per heavy atom. The molecule has 0 aromatic carbocycles. The highest BCUT2D eigenvalue weighted by molar-refractivity contribution is 5.70. The van der Waals surface area contributed by atoms with Gasteiger partial charge in [0.15, 0.2) is 5.79 Å². The molecule has 4 saturated carbocycles. The predicted octanol–water partition coefficient (Wildman–Crippen LogP) is 1.37. The van der Waals surface area contributed by atoms with Crippen LogP contribution in [-0.2, 0) is 28.5 Å². The molecule has 2 aliphatic heterocycles. The fraction of sp³-hybridized carbons (Fsp3) is 0.931. The number of ether oxygens (including phenoxy) is 4. The maximum atomic E-state index is 11.6. The lowest BCUT2D eigenvalue weighted by molar-refractivity contribution is -0.196. The predicted molar refractivity (Wildman–Crippen MR) is 139 cm³/mol. The minimum atomic E-state index is -1.12. The Labute approximate surface area is 231 Å². The maximum absolute atomic E-state index is 11.6. The smallest absolute Gasteiger partial charge is 0.305 e. The number of rotatable bonds is 6. The van der Waals surface area contributed by atoms with Gasteiger partial charge in [-0.05, 0) is 29.6 Å². The summed E-state index contributed by atoms with van der Waals surface area (Å²) in [5.41, 5.74) is -1.16. The first-order valence-electron chi connectivity index (χ1n) is 13.7.